The first-order valence-corrected chi connectivity index (χ1v) is 9.65. The van der Waals surface area contributed by atoms with E-state index in [2.05, 4.69) is 25.6 Å². The molecule has 150 valence electrons. The number of hydrogen-bond donors (Lipinski definition) is 2. The van der Waals surface area contributed by atoms with Gasteiger partial charge in [-0.25, -0.2) is 4.98 Å². The van der Waals surface area contributed by atoms with Crippen molar-refractivity contribution in [3.8, 4) is 5.82 Å². The predicted molar refractivity (Wildman–Crippen MR) is 109 cm³/mol. The van der Waals surface area contributed by atoms with E-state index >= 15 is 0 Å². The smallest absolute Gasteiger partial charge is 0.253 e. The Balaban J connectivity index is 1.45. The van der Waals surface area contributed by atoms with E-state index in [1.807, 2.05) is 42.8 Å². The zero-order valence-corrected chi connectivity index (χ0v) is 16.6. The lowest BCUT2D eigenvalue weighted by atomic mass is 10.3. The van der Waals surface area contributed by atoms with Crippen LogP contribution in [-0.4, -0.2) is 44.7 Å². The molecule has 0 aromatic carbocycles. The summed E-state index contributed by atoms with van der Waals surface area (Å²) in [5.74, 6) is 1.15. The van der Waals surface area contributed by atoms with E-state index in [1.165, 1.54) is 0 Å². The number of rotatable bonds is 6. The summed E-state index contributed by atoms with van der Waals surface area (Å²) in [7, 11) is 0. The van der Waals surface area contributed by atoms with E-state index in [0.717, 1.165) is 35.8 Å². The highest BCUT2D eigenvalue weighted by Gasteiger charge is 2.17. The molecule has 0 unspecified atom stereocenters. The van der Waals surface area contributed by atoms with Crippen molar-refractivity contribution >= 4 is 11.9 Å². The summed E-state index contributed by atoms with van der Waals surface area (Å²) in [6.07, 6.45) is 6.33. The third-order valence-electron chi connectivity index (χ3n) is 4.78. The van der Waals surface area contributed by atoms with Gasteiger partial charge < -0.3 is 19.9 Å². The molecule has 0 bridgehead atoms. The van der Waals surface area contributed by atoms with Crippen LogP contribution < -0.4 is 10.6 Å². The average molecular weight is 392 g/mol. The molecule has 4 heterocycles. The maximum atomic E-state index is 12.5. The van der Waals surface area contributed by atoms with Gasteiger partial charge in [-0.3, -0.25) is 9.78 Å². The molecule has 1 aliphatic heterocycles. The molecule has 3 aromatic rings. The van der Waals surface area contributed by atoms with Crippen molar-refractivity contribution in [2.24, 2.45) is 0 Å². The summed E-state index contributed by atoms with van der Waals surface area (Å²) in [4.78, 5) is 25.9. The lowest BCUT2D eigenvalue weighted by Gasteiger charge is -2.13. The summed E-state index contributed by atoms with van der Waals surface area (Å²) in [5.41, 5.74) is 3.24. The molecular formula is C21H24N6O2. The van der Waals surface area contributed by atoms with E-state index in [9.17, 15) is 4.79 Å². The first-order valence-electron chi connectivity index (χ1n) is 9.65. The maximum Gasteiger partial charge on any atom is 0.253 e. The van der Waals surface area contributed by atoms with Crippen molar-refractivity contribution in [2.75, 3.05) is 18.5 Å². The molecule has 1 amide bonds. The highest BCUT2D eigenvalue weighted by atomic mass is 16.5. The molecule has 3 aromatic heterocycles. The Kier molecular flexibility index (Phi) is 5.53. The van der Waals surface area contributed by atoms with Crippen molar-refractivity contribution in [1.29, 1.82) is 0 Å². The number of nitrogens with zero attached hydrogens (tertiary/aromatic N) is 4. The molecule has 1 saturated heterocycles. The molecule has 1 atom stereocenters. The van der Waals surface area contributed by atoms with Gasteiger partial charge in [0.05, 0.1) is 30.5 Å². The minimum absolute atomic E-state index is 0.153. The molecule has 2 N–H and O–H groups in total. The lowest BCUT2D eigenvalue weighted by molar-refractivity contribution is 0.0950. The second kappa shape index (κ2) is 8.40. The van der Waals surface area contributed by atoms with Gasteiger partial charge >= 0.3 is 0 Å². The van der Waals surface area contributed by atoms with Crippen LogP contribution in [0.15, 0.2) is 42.9 Å². The predicted octanol–water partition coefficient (Wildman–Crippen LogP) is 2.41. The van der Waals surface area contributed by atoms with Crippen LogP contribution in [0, 0.1) is 13.8 Å². The quantitative estimate of drug-likeness (QED) is 0.669. The minimum atomic E-state index is -0.153. The molecule has 8 heteroatoms. The molecule has 0 saturated carbocycles. The molecule has 0 aliphatic carbocycles. The molecule has 29 heavy (non-hydrogen) atoms. The van der Waals surface area contributed by atoms with Crippen LogP contribution in [0.3, 0.4) is 0 Å². The van der Waals surface area contributed by atoms with Gasteiger partial charge in [-0.2, -0.15) is 4.98 Å². The van der Waals surface area contributed by atoms with E-state index in [4.69, 9.17) is 4.74 Å². The van der Waals surface area contributed by atoms with Gasteiger partial charge in [0.15, 0.2) is 0 Å². The fourth-order valence-electron chi connectivity index (χ4n) is 3.23. The number of nitrogens with one attached hydrogen (secondary N) is 2. The van der Waals surface area contributed by atoms with Crippen molar-refractivity contribution in [3.05, 3.63) is 65.4 Å². The summed E-state index contributed by atoms with van der Waals surface area (Å²) >= 11 is 0. The number of amides is 1. The summed E-state index contributed by atoms with van der Waals surface area (Å²) in [6.45, 7) is 5.68. The Morgan fingerprint density at radius 1 is 1.28 bits per heavy atom. The Labute approximate surface area is 169 Å². The van der Waals surface area contributed by atoms with Crippen LogP contribution >= 0.6 is 0 Å². The van der Waals surface area contributed by atoms with Crippen LogP contribution in [0.5, 0.6) is 0 Å². The zero-order valence-electron chi connectivity index (χ0n) is 16.6. The van der Waals surface area contributed by atoms with Gasteiger partial charge in [-0.1, -0.05) is 6.07 Å². The highest BCUT2D eigenvalue weighted by Crippen LogP contribution is 2.16. The van der Waals surface area contributed by atoms with Crippen LogP contribution in [0.1, 0.15) is 33.7 Å². The van der Waals surface area contributed by atoms with Gasteiger partial charge in [0.2, 0.25) is 5.95 Å². The topological polar surface area (TPSA) is 94.0 Å². The lowest BCUT2D eigenvalue weighted by Crippen LogP contribution is -2.23. The van der Waals surface area contributed by atoms with Gasteiger partial charge in [-0.15, -0.1) is 0 Å². The van der Waals surface area contributed by atoms with Gasteiger partial charge in [0.25, 0.3) is 5.91 Å². The first-order chi connectivity index (χ1) is 14.1. The first kappa shape index (κ1) is 19.1. The van der Waals surface area contributed by atoms with Crippen molar-refractivity contribution < 1.29 is 9.53 Å². The number of pyridine rings is 1. The number of carbonyl (C=O) groups is 1. The zero-order chi connectivity index (χ0) is 20.2. The summed E-state index contributed by atoms with van der Waals surface area (Å²) in [5, 5.41) is 6.21. The van der Waals surface area contributed by atoms with Crippen LogP contribution in [0.2, 0.25) is 0 Å². The molecule has 1 aliphatic rings. The SMILES string of the molecule is Cc1cccc(CNC(=O)c2ccn(-c3nc(N[C@H]4CCOC4)ncc3C)c2)n1. The normalized spacial score (nSPS) is 16.0. The third kappa shape index (κ3) is 4.60. The van der Waals surface area contributed by atoms with Crippen molar-refractivity contribution in [2.45, 2.75) is 32.9 Å². The van der Waals surface area contributed by atoms with E-state index in [1.54, 1.807) is 18.5 Å². The van der Waals surface area contributed by atoms with Crippen LogP contribution in [0.4, 0.5) is 5.95 Å². The summed E-state index contributed by atoms with van der Waals surface area (Å²) < 4.78 is 7.23. The Hall–Kier alpha value is -3.26. The number of ether oxygens (including phenoxy) is 1. The van der Waals surface area contributed by atoms with Crippen LogP contribution in [0.25, 0.3) is 5.82 Å². The minimum Gasteiger partial charge on any atom is -0.379 e. The molecule has 0 spiro atoms. The second-order valence-corrected chi connectivity index (χ2v) is 7.17. The molecular weight excluding hydrogens is 368 g/mol. The van der Waals surface area contributed by atoms with Gasteiger partial charge in [0.1, 0.15) is 5.82 Å². The van der Waals surface area contributed by atoms with E-state index < -0.39 is 0 Å². The van der Waals surface area contributed by atoms with Crippen molar-refractivity contribution in [1.82, 2.24) is 24.8 Å². The summed E-state index contributed by atoms with van der Waals surface area (Å²) in [6, 6.07) is 7.76. The molecule has 1 fully saturated rings. The fourth-order valence-corrected chi connectivity index (χ4v) is 3.23. The number of anilines is 1. The number of aryl methyl sites for hydroxylation is 2. The Morgan fingerprint density at radius 3 is 2.97 bits per heavy atom. The maximum absolute atomic E-state index is 12.5. The second-order valence-electron chi connectivity index (χ2n) is 7.17. The third-order valence-corrected chi connectivity index (χ3v) is 4.78. The molecule has 0 radical (unpaired) electrons. The number of carbonyl (C=O) groups excluding carboxylic acids is 1. The highest BCUT2D eigenvalue weighted by molar-refractivity contribution is 5.94. The molecule has 4 rings (SSSR count). The largest absolute Gasteiger partial charge is 0.379 e. The average Bonchev–Trinajstić information content (AvgIpc) is 3.40. The Bertz CT molecular complexity index is 1010. The molecule has 8 nitrogen and oxygen atoms in total. The van der Waals surface area contributed by atoms with E-state index in [0.29, 0.717) is 24.7 Å². The van der Waals surface area contributed by atoms with Crippen molar-refractivity contribution in [3.63, 3.8) is 0 Å². The fraction of sp³-hybridized carbons (Fsp3) is 0.333. The standard InChI is InChI=1S/C21H24N6O2/c1-14-10-23-21(25-18-7-9-29-13-18)26-19(14)27-8-6-16(12-27)20(28)22-11-17-5-3-4-15(2)24-17/h3-6,8,10,12,18H,7,9,11,13H2,1-2H3,(H,22,28)(H,23,25,26)/t18-/m0/s1. The Morgan fingerprint density at radius 2 is 2.17 bits per heavy atom. The van der Waals surface area contributed by atoms with E-state index in [-0.39, 0.29) is 11.9 Å². The number of hydrogen-bond acceptors (Lipinski definition) is 6. The van der Waals surface area contributed by atoms with Crippen LogP contribution in [-0.2, 0) is 11.3 Å². The monoisotopic (exact) mass is 392 g/mol. The van der Waals surface area contributed by atoms with Gasteiger partial charge in [0, 0.05) is 36.5 Å². The number of aromatic nitrogens is 4. The van der Waals surface area contributed by atoms with Gasteiger partial charge in [-0.05, 0) is 38.5 Å².